The third-order valence-electron chi connectivity index (χ3n) is 5.54. The summed E-state index contributed by atoms with van der Waals surface area (Å²) in [5.74, 6) is 0.327. The van der Waals surface area contributed by atoms with Gasteiger partial charge in [-0.25, -0.2) is 0 Å². The second-order valence-electron chi connectivity index (χ2n) is 7.96. The van der Waals surface area contributed by atoms with Gasteiger partial charge in [-0.2, -0.15) is 0 Å². The highest BCUT2D eigenvalue weighted by molar-refractivity contribution is 5.98. The number of nitrogens with one attached hydrogen (secondary N) is 2. The number of likely N-dealkylation sites (tertiary alicyclic amines) is 1. The Balaban J connectivity index is 1.44. The molecule has 156 valence electrons. The molecule has 0 aromatic heterocycles. The van der Waals surface area contributed by atoms with Crippen LogP contribution in [0.4, 0.5) is 5.69 Å². The first-order valence-electron chi connectivity index (χ1n) is 10.1. The van der Waals surface area contributed by atoms with E-state index in [2.05, 4.69) is 15.5 Å². The van der Waals surface area contributed by atoms with Gasteiger partial charge in [0.1, 0.15) is 11.4 Å². The van der Waals surface area contributed by atoms with Crippen LogP contribution in [0.1, 0.15) is 40.5 Å². The first kappa shape index (κ1) is 20.1. The molecule has 2 aliphatic heterocycles. The van der Waals surface area contributed by atoms with Gasteiger partial charge in [-0.15, -0.1) is 0 Å². The summed E-state index contributed by atoms with van der Waals surface area (Å²) in [7, 11) is 0. The van der Waals surface area contributed by atoms with Crippen molar-refractivity contribution < 1.29 is 19.1 Å². The van der Waals surface area contributed by atoms with Gasteiger partial charge in [-0.3, -0.25) is 19.3 Å². The predicted octanol–water partition coefficient (Wildman–Crippen LogP) is 2.48. The number of ether oxygens (including phenoxy) is 1. The number of Topliss-reactive ketones (excluding diaryl/α,β-unsaturated/α-hetero) is 1. The third kappa shape index (κ3) is 4.36. The molecule has 2 heterocycles. The summed E-state index contributed by atoms with van der Waals surface area (Å²) in [5, 5.41) is 5.68. The maximum Gasteiger partial charge on any atom is 0.255 e. The van der Waals surface area contributed by atoms with Gasteiger partial charge >= 0.3 is 0 Å². The summed E-state index contributed by atoms with van der Waals surface area (Å²) < 4.78 is 6.35. The lowest BCUT2D eigenvalue weighted by Gasteiger charge is -2.41. The van der Waals surface area contributed by atoms with Crippen LogP contribution >= 0.6 is 0 Å². The van der Waals surface area contributed by atoms with Gasteiger partial charge in [-0.05, 0) is 55.8 Å². The van der Waals surface area contributed by atoms with Crippen molar-refractivity contribution in [2.24, 2.45) is 0 Å². The number of amides is 2. The smallest absolute Gasteiger partial charge is 0.255 e. The molecule has 1 saturated heterocycles. The van der Waals surface area contributed by atoms with E-state index in [0.717, 1.165) is 19.4 Å². The Labute approximate surface area is 175 Å². The van der Waals surface area contributed by atoms with Crippen molar-refractivity contribution in [3.8, 4) is 5.75 Å². The minimum atomic E-state index is -0.546. The lowest BCUT2D eigenvalue weighted by Crippen LogP contribution is -2.57. The van der Waals surface area contributed by atoms with Crippen molar-refractivity contribution in [2.75, 3.05) is 31.5 Å². The molecule has 2 aromatic rings. The number of hydrogen-bond acceptors (Lipinski definition) is 5. The molecular weight excluding hydrogens is 382 g/mol. The van der Waals surface area contributed by atoms with E-state index in [-0.39, 0.29) is 24.1 Å². The van der Waals surface area contributed by atoms with Gasteiger partial charge in [0.2, 0.25) is 5.91 Å². The van der Waals surface area contributed by atoms with Gasteiger partial charge in [0, 0.05) is 24.7 Å². The molecule has 4 rings (SSSR count). The Kier molecular flexibility index (Phi) is 5.55. The quantitative estimate of drug-likeness (QED) is 0.761. The maximum absolute atomic E-state index is 12.8. The van der Waals surface area contributed by atoms with Crippen LogP contribution < -0.4 is 15.4 Å². The maximum atomic E-state index is 12.8. The average Bonchev–Trinajstić information content (AvgIpc) is 2.85. The van der Waals surface area contributed by atoms with Gasteiger partial charge in [-0.1, -0.05) is 12.1 Å². The lowest BCUT2D eigenvalue weighted by atomic mass is 9.92. The summed E-state index contributed by atoms with van der Waals surface area (Å²) in [4.78, 5) is 38.4. The second-order valence-corrected chi connectivity index (χ2v) is 7.96. The number of nitrogens with zero attached hydrogens (tertiary/aromatic N) is 1. The molecule has 2 amide bonds. The topological polar surface area (TPSA) is 87.7 Å². The van der Waals surface area contributed by atoms with E-state index in [1.165, 1.54) is 6.92 Å². The summed E-state index contributed by atoms with van der Waals surface area (Å²) >= 11 is 0. The van der Waals surface area contributed by atoms with Crippen molar-refractivity contribution in [3.63, 3.8) is 0 Å². The standard InChI is InChI=1S/C23H25N3O4/c1-16(27)25-18-9-7-17(8-10-18)20(28)13-26-12-4-11-23(15-26)14-24-22(29)19-5-2-3-6-21(19)30-23/h2-3,5-10H,4,11-15H2,1H3,(H,24,29)(H,25,27). The SMILES string of the molecule is CC(=O)Nc1ccc(C(=O)CN2CCCC3(CNC(=O)c4ccccc4O3)C2)cc1. The molecular formula is C23H25N3O4. The van der Waals surface area contributed by atoms with Crippen LogP contribution in [0.3, 0.4) is 0 Å². The van der Waals surface area contributed by atoms with Crippen LogP contribution in [0.25, 0.3) is 0 Å². The molecule has 2 N–H and O–H groups in total. The molecule has 30 heavy (non-hydrogen) atoms. The molecule has 2 aliphatic rings. The predicted molar refractivity (Wildman–Crippen MR) is 113 cm³/mol. The Hall–Kier alpha value is -3.19. The van der Waals surface area contributed by atoms with E-state index >= 15 is 0 Å². The Morgan fingerprint density at radius 2 is 1.93 bits per heavy atom. The second kappa shape index (κ2) is 8.28. The molecule has 1 spiro atoms. The number of piperidine rings is 1. The fourth-order valence-corrected chi connectivity index (χ4v) is 4.14. The Morgan fingerprint density at radius 3 is 2.70 bits per heavy atom. The van der Waals surface area contributed by atoms with E-state index in [1.807, 2.05) is 18.2 Å². The summed E-state index contributed by atoms with van der Waals surface area (Å²) in [6, 6.07) is 14.2. The van der Waals surface area contributed by atoms with Crippen molar-refractivity contribution in [3.05, 3.63) is 59.7 Å². The van der Waals surface area contributed by atoms with Crippen molar-refractivity contribution in [2.45, 2.75) is 25.4 Å². The van der Waals surface area contributed by atoms with E-state index in [9.17, 15) is 14.4 Å². The molecule has 0 aliphatic carbocycles. The van der Waals surface area contributed by atoms with Crippen LogP contribution in [0.15, 0.2) is 48.5 Å². The van der Waals surface area contributed by atoms with Gasteiger partial charge in [0.05, 0.1) is 18.7 Å². The highest BCUT2D eigenvalue weighted by atomic mass is 16.5. The number of para-hydroxylation sites is 1. The molecule has 7 nitrogen and oxygen atoms in total. The number of fused-ring (bicyclic) bond motifs is 1. The largest absolute Gasteiger partial charge is 0.483 e. The first-order valence-corrected chi connectivity index (χ1v) is 10.1. The fraction of sp³-hybridized carbons (Fsp3) is 0.348. The van der Waals surface area contributed by atoms with Crippen LogP contribution in [0.2, 0.25) is 0 Å². The van der Waals surface area contributed by atoms with Crippen LogP contribution in [0, 0.1) is 0 Å². The van der Waals surface area contributed by atoms with Gasteiger partial charge < -0.3 is 15.4 Å². The molecule has 0 bridgehead atoms. The van der Waals surface area contributed by atoms with E-state index < -0.39 is 5.60 Å². The third-order valence-corrected chi connectivity index (χ3v) is 5.54. The van der Waals surface area contributed by atoms with E-state index in [4.69, 9.17) is 4.74 Å². The molecule has 0 saturated carbocycles. The average molecular weight is 407 g/mol. The minimum absolute atomic E-state index is 0.0134. The van der Waals surface area contributed by atoms with Crippen molar-refractivity contribution >= 4 is 23.3 Å². The number of carbonyl (C=O) groups excluding carboxylic acids is 3. The van der Waals surface area contributed by atoms with Crippen LogP contribution in [0.5, 0.6) is 5.75 Å². The number of rotatable bonds is 4. The summed E-state index contributed by atoms with van der Waals surface area (Å²) in [6.07, 6.45) is 1.70. The normalized spacial score (nSPS) is 21.2. The van der Waals surface area contributed by atoms with E-state index in [1.54, 1.807) is 30.3 Å². The monoisotopic (exact) mass is 407 g/mol. The van der Waals surface area contributed by atoms with Crippen LogP contribution in [-0.4, -0.2) is 54.3 Å². The Morgan fingerprint density at radius 1 is 1.17 bits per heavy atom. The summed E-state index contributed by atoms with van der Waals surface area (Å²) in [5.41, 5.74) is 1.26. The highest BCUT2D eigenvalue weighted by Crippen LogP contribution is 2.32. The van der Waals surface area contributed by atoms with Gasteiger partial charge in [0.15, 0.2) is 5.78 Å². The lowest BCUT2D eigenvalue weighted by molar-refractivity contribution is -0.114. The number of ketones is 1. The Bertz CT molecular complexity index is 973. The zero-order valence-corrected chi connectivity index (χ0v) is 16.9. The molecule has 7 heteroatoms. The van der Waals surface area contributed by atoms with Crippen molar-refractivity contribution in [1.29, 1.82) is 0 Å². The summed E-state index contributed by atoms with van der Waals surface area (Å²) in [6.45, 7) is 3.51. The van der Waals surface area contributed by atoms with Gasteiger partial charge in [0.25, 0.3) is 5.91 Å². The minimum Gasteiger partial charge on any atom is -0.483 e. The molecule has 1 fully saturated rings. The number of benzene rings is 2. The molecule has 1 atom stereocenters. The molecule has 2 aromatic carbocycles. The van der Waals surface area contributed by atoms with Crippen molar-refractivity contribution in [1.82, 2.24) is 10.2 Å². The number of hydrogen-bond donors (Lipinski definition) is 2. The number of carbonyl (C=O) groups is 3. The molecule has 0 radical (unpaired) electrons. The zero-order chi connectivity index (χ0) is 21.1. The molecule has 1 unspecified atom stereocenters. The fourth-order valence-electron chi connectivity index (χ4n) is 4.14. The van der Waals surface area contributed by atoms with Crippen LogP contribution in [-0.2, 0) is 4.79 Å². The number of anilines is 1. The zero-order valence-electron chi connectivity index (χ0n) is 16.9. The highest BCUT2D eigenvalue weighted by Gasteiger charge is 2.41. The first-order chi connectivity index (χ1) is 14.4. The van der Waals surface area contributed by atoms with E-state index in [0.29, 0.717) is 35.7 Å².